The van der Waals surface area contributed by atoms with Gasteiger partial charge < -0.3 is 9.80 Å². The highest BCUT2D eigenvalue weighted by molar-refractivity contribution is 5.89. The molecule has 2 aliphatic carbocycles. The van der Waals surface area contributed by atoms with Crippen molar-refractivity contribution in [2.24, 2.45) is 17.8 Å². The van der Waals surface area contributed by atoms with Crippen molar-refractivity contribution in [1.82, 2.24) is 0 Å². The lowest BCUT2D eigenvalue weighted by Crippen LogP contribution is -2.42. The SMILES string of the molecule is C=CC1C=C(C2C=CC=CC2)C(N2c3ccccc3N(CC(C)C)C2C)=C1c1ccccc1. The first-order chi connectivity index (χ1) is 16.1. The van der Waals surface area contributed by atoms with Crippen LogP contribution in [0.25, 0.3) is 5.57 Å². The lowest BCUT2D eigenvalue weighted by atomic mass is 9.89. The molecule has 0 saturated carbocycles. The average molecular weight is 435 g/mol. The van der Waals surface area contributed by atoms with Gasteiger partial charge in [0.15, 0.2) is 0 Å². The average Bonchev–Trinajstić information content (AvgIpc) is 3.35. The van der Waals surface area contributed by atoms with Crippen LogP contribution in [0.15, 0.2) is 109 Å². The second-order valence-electron chi connectivity index (χ2n) is 9.70. The molecule has 0 N–H and O–H groups in total. The fourth-order valence-electron chi connectivity index (χ4n) is 5.59. The summed E-state index contributed by atoms with van der Waals surface area (Å²) in [6.45, 7) is 12.2. The van der Waals surface area contributed by atoms with Gasteiger partial charge in [0, 0.05) is 18.4 Å². The molecule has 0 amide bonds. The Balaban J connectivity index is 1.72. The smallest absolute Gasteiger partial charge is 0.104 e. The normalized spacial score (nSPS) is 24.0. The van der Waals surface area contributed by atoms with Gasteiger partial charge in [-0.25, -0.2) is 0 Å². The van der Waals surface area contributed by atoms with Crippen LogP contribution >= 0.6 is 0 Å². The highest BCUT2D eigenvalue weighted by Crippen LogP contribution is 2.51. The highest BCUT2D eigenvalue weighted by Gasteiger charge is 2.41. The second kappa shape index (κ2) is 8.94. The van der Waals surface area contributed by atoms with Gasteiger partial charge in [0.2, 0.25) is 0 Å². The van der Waals surface area contributed by atoms with E-state index in [2.05, 4.69) is 128 Å². The Morgan fingerprint density at radius 3 is 2.39 bits per heavy atom. The monoisotopic (exact) mass is 434 g/mol. The largest absolute Gasteiger partial charge is 0.349 e. The summed E-state index contributed by atoms with van der Waals surface area (Å²) in [7, 11) is 0. The summed E-state index contributed by atoms with van der Waals surface area (Å²) in [6, 6.07) is 19.8. The molecule has 2 nitrogen and oxygen atoms in total. The summed E-state index contributed by atoms with van der Waals surface area (Å²) in [5, 5.41) is 0. The number of allylic oxidation sites excluding steroid dienone is 8. The standard InChI is InChI=1S/C31H34N2/c1-5-24-20-27(25-14-8-6-9-15-25)31(30(24)26-16-10-7-11-17-26)33-23(4)32(21-22(2)3)28-18-12-13-19-29(28)33/h5-14,16-20,22-25H,1,15,21H2,2-4H3. The Morgan fingerprint density at radius 1 is 1.00 bits per heavy atom. The molecule has 2 aromatic rings. The number of nitrogens with zero attached hydrogens (tertiary/aromatic N) is 2. The van der Waals surface area contributed by atoms with E-state index < -0.39 is 0 Å². The third-order valence-corrected chi connectivity index (χ3v) is 7.02. The summed E-state index contributed by atoms with van der Waals surface area (Å²) < 4.78 is 0. The van der Waals surface area contributed by atoms with Gasteiger partial charge in [0.25, 0.3) is 0 Å². The maximum atomic E-state index is 4.24. The molecule has 2 aromatic carbocycles. The van der Waals surface area contributed by atoms with Gasteiger partial charge >= 0.3 is 0 Å². The first-order valence-electron chi connectivity index (χ1n) is 12.2. The highest BCUT2D eigenvalue weighted by atomic mass is 15.4. The minimum atomic E-state index is 0.204. The molecule has 0 radical (unpaired) electrons. The number of hydrogen-bond donors (Lipinski definition) is 0. The van der Waals surface area contributed by atoms with Crippen LogP contribution in [-0.4, -0.2) is 12.7 Å². The predicted octanol–water partition coefficient (Wildman–Crippen LogP) is 7.60. The van der Waals surface area contributed by atoms with Crippen molar-refractivity contribution in [1.29, 1.82) is 0 Å². The lowest BCUT2D eigenvalue weighted by molar-refractivity contribution is 0.565. The van der Waals surface area contributed by atoms with Gasteiger partial charge in [0.1, 0.15) is 6.17 Å². The van der Waals surface area contributed by atoms with E-state index >= 15 is 0 Å². The van der Waals surface area contributed by atoms with E-state index in [0.29, 0.717) is 11.8 Å². The molecule has 1 heterocycles. The molecule has 168 valence electrons. The minimum Gasteiger partial charge on any atom is -0.349 e. The zero-order valence-corrected chi connectivity index (χ0v) is 20.0. The fourth-order valence-corrected chi connectivity index (χ4v) is 5.59. The van der Waals surface area contributed by atoms with E-state index in [1.54, 1.807) is 0 Å². The first kappa shape index (κ1) is 21.6. The molecule has 0 fully saturated rings. The zero-order chi connectivity index (χ0) is 22.9. The van der Waals surface area contributed by atoms with Crippen LogP contribution < -0.4 is 9.80 Å². The van der Waals surface area contributed by atoms with Crippen LogP contribution in [0.3, 0.4) is 0 Å². The van der Waals surface area contributed by atoms with E-state index in [1.807, 2.05) is 0 Å². The molecule has 0 saturated heterocycles. The molecule has 0 bridgehead atoms. The molecule has 3 unspecified atom stereocenters. The van der Waals surface area contributed by atoms with Crippen LogP contribution in [0.5, 0.6) is 0 Å². The quantitative estimate of drug-likeness (QED) is 0.432. The van der Waals surface area contributed by atoms with Crippen molar-refractivity contribution in [3.63, 3.8) is 0 Å². The van der Waals surface area contributed by atoms with Crippen molar-refractivity contribution < 1.29 is 0 Å². The van der Waals surface area contributed by atoms with Gasteiger partial charge in [-0.05, 0) is 48.1 Å². The Hall–Kier alpha value is -3.26. The van der Waals surface area contributed by atoms with E-state index in [0.717, 1.165) is 13.0 Å². The summed E-state index contributed by atoms with van der Waals surface area (Å²) >= 11 is 0. The Bertz CT molecular complexity index is 1150. The van der Waals surface area contributed by atoms with Gasteiger partial charge in [-0.15, -0.1) is 6.58 Å². The third kappa shape index (κ3) is 3.78. The predicted molar refractivity (Wildman–Crippen MR) is 142 cm³/mol. The molecule has 3 aliphatic rings. The van der Waals surface area contributed by atoms with Crippen LogP contribution in [0, 0.1) is 17.8 Å². The van der Waals surface area contributed by atoms with Gasteiger partial charge in [-0.2, -0.15) is 0 Å². The maximum Gasteiger partial charge on any atom is 0.104 e. The molecule has 0 spiro atoms. The van der Waals surface area contributed by atoms with Gasteiger partial charge in [0.05, 0.1) is 17.1 Å². The molecule has 1 aliphatic heterocycles. The number of fused-ring (bicyclic) bond motifs is 1. The molecule has 3 atom stereocenters. The molecular weight excluding hydrogens is 400 g/mol. The Labute approximate surface area is 198 Å². The third-order valence-electron chi connectivity index (χ3n) is 7.02. The van der Waals surface area contributed by atoms with Crippen molar-refractivity contribution in [3.8, 4) is 0 Å². The van der Waals surface area contributed by atoms with Crippen LogP contribution in [0.4, 0.5) is 11.4 Å². The molecule has 5 rings (SSSR count). The Morgan fingerprint density at radius 2 is 1.73 bits per heavy atom. The summed E-state index contributed by atoms with van der Waals surface area (Å²) in [4.78, 5) is 5.17. The van der Waals surface area contributed by atoms with Crippen molar-refractivity contribution >= 4 is 16.9 Å². The molecule has 2 heteroatoms. The second-order valence-corrected chi connectivity index (χ2v) is 9.70. The summed E-state index contributed by atoms with van der Waals surface area (Å²) in [5.41, 5.74) is 8.08. The van der Waals surface area contributed by atoms with E-state index in [-0.39, 0.29) is 12.1 Å². The Kier molecular flexibility index (Phi) is 5.85. The number of anilines is 2. The zero-order valence-electron chi connectivity index (χ0n) is 20.0. The molecule has 0 aromatic heterocycles. The van der Waals surface area contributed by atoms with Crippen molar-refractivity contribution in [2.75, 3.05) is 16.3 Å². The van der Waals surface area contributed by atoms with E-state index in [9.17, 15) is 0 Å². The first-order valence-corrected chi connectivity index (χ1v) is 12.2. The van der Waals surface area contributed by atoms with Crippen LogP contribution in [-0.2, 0) is 0 Å². The number of hydrogen-bond acceptors (Lipinski definition) is 2. The minimum absolute atomic E-state index is 0.204. The number of rotatable bonds is 6. The summed E-state index contributed by atoms with van der Waals surface area (Å²) in [5.74, 6) is 1.18. The van der Waals surface area contributed by atoms with Gasteiger partial charge in [-0.1, -0.05) is 92.8 Å². The van der Waals surface area contributed by atoms with Crippen LogP contribution in [0.2, 0.25) is 0 Å². The maximum absolute atomic E-state index is 4.24. The lowest BCUT2D eigenvalue weighted by Gasteiger charge is -2.35. The van der Waals surface area contributed by atoms with E-state index in [4.69, 9.17) is 0 Å². The number of benzene rings is 2. The number of para-hydroxylation sites is 2. The topological polar surface area (TPSA) is 6.48 Å². The fraction of sp³-hybridized carbons (Fsp3) is 0.290. The van der Waals surface area contributed by atoms with E-state index in [1.165, 1.54) is 33.8 Å². The van der Waals surface area contributed by atoms with Crippen molar-refractivity contribution in [3.05, 3.63) is 114 Å². The van der Waals surface area contributed by atoms with Gasteiger partial charge in [-0.3, -0.25) is 0 Å². The molecular formula is C31H34N2. The van der Waals surface area contributed by atoms with Crippen LogP contribution in [0.1, 0.15) is 32.8 Å². The van der Waals surface area contributed by atoms with Crippen molar-refractivity contribution in [2.45, 2.75) is 33.4 Å². The molecule has 33 heavy (non-hydrogen) atoms. The summed E-state index contributed by atoms with van der Waals surface area (Å²) in [6.07, 6.45) is 14.9.